The van der Waals surface area contributed by atoms with Crippen molar-refractivity contribution >= 4 is 5.97 Å². The molecule has 1 fully saturated rings. The predicted molar refractivity (Wildman–Crippen MR) is 110 cm³/mol. The summed E-state index contributed by atoms with van der Waals surface area (Å²) < 4.78 is 22.3. The zero-order valence-electron chi connectivity index (χ0n) is 17.4. The molecule has 0 aliphatic carbocycles. The van der Waals surface area contributed by atoms with Crippen LogP contribution in [0.25, 0.3) is 0 Å². The number of benzene rings is 1. The van der Waals surface area contributed by atoms with Crippen molar-refractivity contribution in [3.63, 3.8) is 0 Å². The van der Waals surface area contributed by atoms with Crippen molar-refractivity contribution in [2.24, 2.45) is 5.41 Å². The van der Waals surface area contributed by atoms with Crippen molar-refractivity contribution in [2.45, 2.75) is 39.3 Å². The summed E-state index contributed by atoms with van der Waals surface area (Å²) in [6.45, 7) is 5.43. The van der Waals surface area contributed by atoms with Gasteiger partial charge >= 0.3 is 5.97 Å². The number of piperidine rings is 1. The van der Waals surface area contributed by atoms with E-state index in [0.717, 1.165) is 36.7 Å². The molecule has 0 saturated carbocycles. The fraction of sp³-hybridized carbons (Fsp3) is 0.522. The summed E-state index contributed by atoms with van der Waals surface area (Å²) in [4.78, 5) is 15.2. The fourth-order valence-corrected chi connectivity index (χ4v) is 3.95. The molecule has 6 nitrogen and oxygen atoms in total. The van der Waals surface area contributed by atoms with E-state index in [1.165, 1.54) is 0 Å². The van der Waals surface area contributed by atoms with E-state index < -0.39 is 5.41 Å². The molecule has 0 unspecified atom stereocenters. The van der Waals surface area contributed by atoms with Gasteiger partial charge in [0.1, 0.15) is 23.9 Å². The highest BCUT2D eigenvalue weighted by molar-refractivity contribution is 5.77. The number of nitrogens with zero attached hydrogens (tertiary/aromatic N) is 1. The number of hydrogen-bond acceptors (Lipinski definition) is 6. The third-order valence-corrected chi connectivity index (χ3v) is 5.34. The molecule has 1 aromatic heterocycles. The minimum atomic E-state index is -0.551. The van der Waals surface area contributed by atoms with E-state index in [0.29, 0.717) is 39.3 Å². The Bertz CT molecular complexity index is 760. The number of rotatable bonds is 10. The number of esters is 1. The maximum atomic E-state index is 12.9. The Morgan fingerprint density at radius 2 is 1.97 bits per heavy atom. The molecule has 158 valence electrons. The van der Waals surface area contributed by atoms with Crippen LogP contribution >= 0.6 is 0 Å². The van der Waals surface area contributed by atoms with Crippen LogP contribution in [0.4, 0.5) is 0 Å². The average molecular weight is 402 g/mol. The third-order valence-electron chi connectivity index (χ3n) is 5.34. The molecule has 2 aromatic rings. The van der Waals surface area contributed by atoms with E-state index in [2.05, 4.69) is 4.90 Å². The van der Waals surface area contributed by atoms with Gasteiger partial charge in [-0.2, -0.15) is 0 Å². The Balaban J connectivity index is 1.64. The molecule has 1 aliphatic rings. The highest BCUT2D eigenvalue weighted by atomic mass is 16.5. The second kappa shape index (κ2) is 10.5. The van der Waals surface area contributed by atoms with Gasteiger partial charge in [-0.3, -0.25) is 9.69 Å². The lowest BCUT2D eigenvalue weighted by molar-refractivity contribution is -0.160. The summed E-state index contributed by atoms with van der Waals surface area (Å²) >= 11 is 0. The van der Waals surface area contributed by atoms with Gasteiger partial charge in [-0.25, -0.2) is 0 Å². The van der Waals surface area contributed by atoms with Gasteiger partial charge in [-0.15, -0.1) is 0 Å². The lowest BCUT2D eigenvalue weighted by Crippen LogP contribution is -2.49. The van der Waals surface area contributed by atoms with E-state index in [-0.39, 0.29) is 5.97 Å². The second-order valence-electron chi connectivity index (χ2n) is 7.53. The number of carbonyl (C=O) groups is 1. The zero-order valence-corrected chi connectivity index (χ0v) is 17.4. The third kappa shape index (κ3) is 5.84. The summed E-state index contributed by atoms with van der Waals surface area (Å²) in [5, 5.41) is 0. The zero-order chi connectivity index (χ0) is 20.5. The molecule has 0 radical (unpaired) electrons. The smallest absolute Gasteiger partial charge is 0.313 e. The molecule has 1 aliphatic heterocycles. The van der Waals surface area contributed by atoms with Crippen LogP contribution in [0, 0.1) is 5.41 Å². The van der Waals surface area contributed by atoms with Crippen molar-refractivity contribution in [3.05, 3.63) is 54.0 Å². The standard InChI is InChI=1S/C23H31NO5/c1-3-27-22(25)23(13-15-28-19-8-5-4-6-9-19)12-7-14-24(18-23)16-20-10-11-21(29-20)17-26-2/h4-6,8-11H,3,7,12-18H2,1-2H3/t23-/m0/s1. The number of methoxy groups -OCH3 is 1. The molecule has 1 saturated heterocycles. The summed E-state index contributed by atoms with van der Waals surface area (Å²) in [6, 6.07) is 13.6. The van der Waals surface area contributed by atoms with Gasteiger partial charge in [-0.1, -0.05) is 18.2 Å². The summed E-state index contributed by atoms with van der Waals surface area (Å²) in [5.74, 6) is 2.39. The SMILES string of the molecule is CCOC(=O)[C@]1(CCOc2ccccc2)CCCN(Cc2ccc(COC)o2)C1. The largest absolute Gasteiger partial charge is 0.494 e. The van der Waals surface area contributed by atoms with Crippen molar-refractivity contribution in [1.82, 2.24) is 4.90 Å². The first-order valence-corrected chi connectivity index (χ1v) is 10.3. The Morgan fingerprint density at radius 1 is 1.17 bits per heavy atom. The highest BCUT2D eigenvalue weighted by Gasteiger charge is 2.43. The number of hydrogen-bond donors (Lipinski definition) is 0. The molecule has 0 bridgehead atoms. The fourth-order valence-electron chi connectivity index (χ4n) is 3.95. The molecule has 0 spiro atoms. The number of ether oxygens (including phenoxy) is 3. The Kier molecular flexibility index (Phi) is 7.72. The van der Waals surface area contributed by atoms with Gasteiger partial charge in [0, 0.05) is 13.7 Å². The first kappa shape index (κ1) is 21.4. The average Bonchev–Trinajstić information content (AvgIpc) is 3.16. The molecular weight excluding hydrogens is 370 g/mol. The monoisotopic (exact) mass is 401 g/mol. The van der Waals surface area contributed by atoms with Crippen molar-refractivity contribution in [2.75, 3.05) is 33.4 Å². The van der Waals surface area contributed by atoms with Crippen LogP contribution in [0.5, 0.6) is 5.75 Å². The molecule has 1 aromatic carbocycles. The van der Waals surface area contributed by atoms with Gasteiger partial charge < -0.3 is 18.6 Å². The van der Waals surface area contributed by atoms with Crippen molar-refractivity contribution in [3.8, 4) is 5.75 Å². The van der Waals surface area contributed by atoms with Crippen LogP contribution in [0.1, 0.15) is 37.7 Å². The maximum Gasteiger partial charge on any atom is 0.313 e. The van der Waals surface area contributed by atoms with Crippen molar-refractivity contribution in [1.29, 1.82) is 0 Å². The van der Waals surface area contributed by atoms with Crippen LogP contribution in [0.15, 0.2) is 46.9 Å². The predicted octanol–water partition coefficient (Wildman–Crippen LogP) is 4.04. The quantitative estimate of drug-likeness (QED) is 0.560. The molecule has 6 heteroatoms. The van der Waals surface area contributed by atoms with Gasteiger partial charge in [0.15, 0.2) is 0 Å². The number of furan rings is 1. The molecule has 1 atom stereocenters. The molecule has 0 amide bonds. The van der Waals surface area contributed by atoms with Crippen LogP contribution in [0.3, 0.4) is 0 Å². The Morgan fingerprint density at radius 3 is 2.72 bits per heavy atom. The topological polar surface area (TPSA) is 61.1 Å². The minimum absolute atomic E-state index is 0.124. The maximum absolute atomic E-state index is 12.9. The molecule has 2 heterocycles. The lowest BCUT2D eigenvalue weighted by Gasteiger charge is -2.40. The van der Waals surface area contributed by atoms with Gasteiger partial charge in [-0.05, 0) is 57.0 Å². The normalized spacial score (nSPS) is 19.8. The van der Waals surface area contributed by atoms with E-state index >= 15 is 0 Å². The molecule has 3 rings (SSSR count). The van der Waals surface area contributed by atoms with Crippen molar-refractivity contribution < 1.29 is 23.4 Å². The Hall–Kier alpha value is -2.31. The molecule has 29 heavy (non-hydrogen) atoms. The first-order valence-electron chi connectivity index (χ1n) is 10.3. The van der Waals surface area contributed by atoms with Crippen LogP contribution in [0.2, 0.25) is 0 Å². The van der Waals surface area contributed by atoms with Crippen LogP contribution in [-0.4, -0.2) is 44.3 Å². The van der Waals surface area contributed by atoms with Gasteiger partial charge in [0.2, 0.25) is 0 Å². The number of likely N-dealkylation sites (tertiary alicyclic amines) is 1. The Labute approximate surface area is 172 Å². The van der Waals surface area contributed by atoms with Crippen LogP contribution < -0.4 is 4.74 Å². The van der Waals surface area contributed by atoms with Gasteiger partial charge in [0.25, 0.3) is 0 Å². The summed E-state index contributed by atoms with van der Waals surface area (Å²) in [6.07, 6.45) is 2.38. The minimum Gasteiger partial charge on any atom is -0.494 e. The van der Waals surface area contributed by atoms with Crippen LogP contribution in [-0.2, 0) is 27.4 Å². The van der Waals surface area contributed by atoms with E-state index in [4.69, 9.17) is 18.6 Å². The summed E-state index contributed by atoms with van der Waals surface area (Å²) in [7, 11) is 1.65. The first-order chi connectivity index (χ1) is 14.1. The van der Waals surface area contributed by atoms with E-state index in [1.54, 1.807) is 7.11 Å². The lowest BCUT2D eigenvalue weighted by atomic mass is 9.77. The number of para-hydroxylation sites is 1. The van der Waals surface area contributed by atoms with Gasteiger partial charge in [0.05, 0.1) is 25.2 Å². The van der Waals surface area contributed by atoms with E-state index in [1.807, 2.05) is 49.4 Å². The molecular formula is C23H31NO5. The number of carbonyl (C=O) groups excluding carboxylic acids is 1. The second-order valence-corrected chi connectivity index (χ2v) is 7.53. The summed E-state index contributed by atoms with van der Waals surface area (Å²) in [5.41, 5.74) is -0.551. The molecule has 0 N–H and O–H groups in total. The van der Waals surface area contributed by atoms with E-state index in [9.17, 15) is 4.79 Å². The highest BCUT2D eigenvalue weighted by Crippen LogP contribution is 2.36.